The molecule has 1 aromatic carbocycles. The summed E-state index contributed by atoms with van der Waals surface area (Å²) in [4.78, 5) is 13.9. The SMILES string of the molecule is O=[N+]([O-])c1ccc(CNCc2ccccn2)cc1F. The first-order valence-electron chi connectivity index (χ1n) is 5.70. The van der Waals surface area contributed by atoms with Crippen LogP contribution in [0, 0.1) is 15.9 Å². The van der Waals surface area contributed by atoms with Crippen molar-refractivity contribution in [2.75, 3.05) is 0 Å². The van der Waals surface area contributed by atoms with Gasteiger partial charge in [-0.25, -0.2) is 0 Å². The van der Waals surface area contributed by atoms with Gasteiger partial charge in [-0.3, -0.25) is 15.1 Å². The maximum Gasteiger partial charge on any atom is 0.304 e. The average molecular weight is 261 g/mol. The summed E-state index contributed by atoms with van der Waals surface area (Å²) in [5.41, 5.74) is 1.03. The van der Waals surface area contributed by atoms with Gasteiger partial charge in [-0.2, -0.15) is 4.39 Å². The van der Waals surface area contributed by atoms with Gasteiger partial charge in [0.25, 0.3) is 0 Å². The molecule has 19 heavy (non-hydrogen) atoms. The number of nitrogens with zero attached hydrogens (tertiary/aromatic N) is 2. The molecule has 0 aliphatic heterocycles. The molecule has 0 spiro atoms. The van der Waals surface area contributed by atoms with Crippen LogP contribution in [0.2, 0.25) is 0 Å². The van der Waals surface area contributed by atoms with Crippen LogP contribution in [0.25, 0.3) is 0 Å². The van der Waals surface area contributed by atoms with Gasteiger partial charge in [0, 0.05) is 25.4 Å². The average Bonchev–Trinajstić information content (AvgIpc) is 2.39. The second kappa shape index (κ2) is 6.01. The number of halogens is 1. The van der Waals surface area contributed by atoms with E-state index in [2.05, 4.69) is 10.3 Å². The molecule has 0 fully saturated rings. The predicted molar refractivity (Wildman–Crippen MR) is 67.8 cm³/mol. The van der Waals surface area contributed by atoms with Crippen LogP contribution in [0.3, 0.4) is 0 Å². The van der Waals surface area contributed by atoms with Crippen LogP contribution >= 0.6 is 0 Å². The Balaban J connectivity index is 1.93. The molecular weight excluding hydrogens is 249 g/mol. The molecule has 0 atom stereocenters. The van der Waals surface area contributed by atoms with Crippen LogP contribution in [0.4, 0.5) is 10.1 Å². The molecule has 0 aliphatic rings. The lowest BCUT2D eigenvalue weighted by molar-refractivity contribution is -0.387. The molecule has 0 amide bonds. The normalized spacial score (nSPS) is 10.4. The topological polar surface area (TPSA) is 68.1 Å². The van der Waals surface area contributed by atoms with E-state index in [1.54, 1.807) is 6.20 Å². The molecular formula is C13H12FN3O2. The van der Waals surface area contributed by atoms with Crippen molar-refractivity contribution in [3.8, 4) is 0 Å². The summed E-state index contributed by atoms with van der Waals surface area (Å²) in [6.07, 6.45) is 1.70. The third-order valence-electron chi connectivity index (χ3n) is 2.57. The zero-order chi connectivity index (χ0) is 13.7. The zero-order valence-corrected chi connectivity index (χ0v) is 10.0. The molecule has 98 valence electrons. The van der Waals surface area contributed by atoms with E-state index in [1.807, 2.05) is 18.2 Å². The van der Waals surface area contributed by atoms with Crippen molar-refractivity contribution in [3.05, 3.63) is 69.8 Å². The van der Waals surface area contributed by atoms with E-state index in [0.717, 1.165) is 5.69 Å². The van der Waals surface area contributed by atoms with E-state index in [-0.39, 0.29) is 0 Å². The van der Waals surface area contributed by atoms with Gasteiger partial charge in [-0.1, -0.05) is 12.1 Å². The van der Waals surface area contributed by atoms with Crippen molar-refractivity contribution in [2.24, 2.45) is 0 Å². The highest BCUT2D eigenvalue weighted by atomic mass is 19.1. The number of nitro benzene ring substituents is 1. The Labute approximate surface area is 109 Å². The van der Waals surface area contributed by atoms with Gasteiger partial charge in [0.1, 0.15) is 0 Å². The fourth-order valence-corrected chi connectivity index (χ4v) is 1.65. The highest BCUT2D eigenvalue weighted by molar-refractivity contribution is 5.34. The number of hydrogen-bond donors (Lipinski definition) is 1. The first kappa shape index (κ1) is 13.1. The van der Waals surface area contributed by atoms with Gasteiger partial charge in [-0.15, -0.1) is 0 Å². The van der Waals surface area contributed by atoms with Gasteiger partial charge in [0.2, 0.25) is 5.82 Å². The highest BCUT2D eigenvalue weighted by Crippen LogP contribution is 2.17. The van der Waals surface area contributed by atoms with E-state index < -0.39 is 16.4 Å². The maximum atomic E-state index is 13.4. The van der Waals surface area contributed by atoms with E-state index in [1.165, 1.54) is 18.2 Å². The first-order valence-corrected chi connectivity index (χ1v) is 5.70. The molecule has 5 nitrogen and oxygen atoms in total. The second-order valence-corrected chi connectivity index (χ2v) is 3.97. The maximum absolute atomic E-state index is 13.4. The molecule has 1 heterocycles. The van der Waals surface area contributed by atoms with Crippen molar-refractivity contribution in [1.29, 1.82) is 0 Å². The minimum Gasteiger partial charge on any atom is -0.307 e. The van der Waals surface area contributed by atoms with Crippen molar-refractivity contribution >= 4 is 5.69 Å². The largest absolute Gasteiger partial charge is 0.307 e. The highest BCUT2D eigenvalue weighted by Gasteiger charge is 2.13. The first-order chi connectivity index (χ1) is 9.16. The minimum atomic E-state index is -0.817. The van der Waals surface area contributed by atoms with Crippen molar-refractivity contribution < 1.29 is 9.31 Å². The summed E-state index contributed by atoms with van der Waals surface area (Å²) in [5.74, 6) is -0.817. The number of aromatic nitrogens is 1. The van der Waals surface area contributed by atoms with Crippen LogP contribution in [0.5, 0.6) is 0 Å². The Kier molecular flexibility index (Phi) is 4.15. The molecule has 1 N–H and O–H groups in total. The van der Waals surface area contributed by atoms with E-state index in [9.17, 15) is 14.5 Å². The molecule has 2 rings (SSSR count). The summed E-state index contributed by atoms with van der Waals surface area (Å²) < 4.78 is 13.4. The Morgan fingerprint density at radius 2 is 2.11 bits per heavy atom. The lowest BCUT2D eigenvalue weighted by Gasteiger charge is -2.04. The van der Waals surface area contributed by atoms with Crippen LogP contribution in [0.1, 0.15) is 11.3 Å². The lowest BCUT2D eigenvalue weighted by Crippen LogP contribution is -2.13. The lowest BCUT2D eigenvalue weighted by atomic mass is 10.2. The molecule has 0 aliphatic carbocycles. The Hall–Kier alpha value is -2.34. The van der Waals surface area contributed by atoms with Crippen LogP contribution in [0.15, 0.2) is 42.6 Å². The van der Waals surface area contributed by atoms with Crippen molar-refractivity contribution in [2.45, 2.75) is 13.1 Å². The summed E-state index contributed by atoms with van der Waals surface area (Å²) in [6, 6.07) is 9.47. The van der Waals surface area contributed by atoms with Crippen LogP contribution < -0.4 is 5.32 Å². The molecule has 0 unspecified atom stereocenters. The van der Waals surface area contributed by atoms with E-state index in [4.69, 9.17) is 0 Å². The number of benzene rings is 1. The quantitative estimate of drug-likeness (QED) is 0.663. The molecule has 2 aromatic rings. The number of hydrogen-bond acceptors (Lipinski definition) is 4. The standard InChI is InChI=1S/C13H12FN3O2/c14-12-7-10(4-5-13(12)17(18)19)8-15-9-11-3-1-2-6-16-11/h1-7,15H,8-9H2. The molecule has 1 aromatic heterocycles. The van der Waals surface area contributed by atoms with Crippen LogP contribution in [-0.2, 0) is 13.1 Å². The number of nitro groups is 1. The number of rotatable bonds is 5. The second-order valence-electron chi connectivity index (χ2n) is 3.97. The van der Waals surface area contributed by atoms with E-state index in [0.29, 0.717) is 18.7 Å². The van der Waals surface area contributed by atoms with Crippen molar-refractivity contribution in [3.63, 3.8) is 0 Å². The summed E-state index contributed by atoms with van der Waals surface area (Å²) in [7, 11) is 0. The number of pyridine rings is 1. The van der Waals surface area contributed by atoms with Gasteiger partial charge >= 0.3 is 5.69 Å². The number of nitrogens with one attached hydrogen (secondary N) is 1. The third-order valence-corrected chi connectivity index (χ3v) is 2.57. The Morgan fingerprint density at radius 3 is 2.74 bits per heavy atom. The minimum absolute atomic E-state index is 0.422. The fourth-order valence-electron chi connectivity index (χ4n) is 1.65. The monoisotopic (exact) mass is 261 g/mol. The summed E-state index contributed by atoms with van der Waals surface area (Å²) in [5, 5.41) is 13.6. The Morgan fingerprint density at radius 1 is 1.26 bits per heavy atom. The smallest absolute Gasteiger partial charge is 0.304 e. The molecule has 0 bridgehead atoms. The van der Waals surface area contributed by atoms with Gasteiger partial charge in [0.05, 0.1) is 10.6 Å². The molecule has 0 radical (unpaired) electrons. The molecule has 6 heteroatoms. The van der Waals surface area contributed by atoms with Gasteiger partial charge in [-0.05, 0) is 23.8 Å². The summed E-state index contributed by atoms with van der Waals surface area (Å²) in [6.45, 7) is 0.977. The molecule has 0 saturated heterocycles. The zero-order valence-electron chi connectivity index (χ0n) is 10.0. The van der Waals surface area contributed by atoms with Crippen LogP contribution in [-0.4, -0.2) is 9.91 Å². The molecule has 0 saturated carbocycles. The third kappa shape index (κ3) is 3.56. The Bertz CT molecular complexity index is 575. The fraction of sp³-hybridized carbons (Fsp3) is 0.154. The predicted octanol–water partition coefficient (Wildman–Crippen LogP) is 2.42. The van der Waals surface area contributed by atoms with Gasteiger partial charge in [0.15, 0.2) is 0 Å². The van der Waals surface area contributed by atoms with E-state index >= 15 is 0 Å². The van der Waals surface area contributed by atoms with Crippen molar-refractivity contribution in [1.82, 2.24) is 10.3 Å². The summed E-state index contributed by atoms with van der Waals surface area (Å²) >= 11 is 0. The van der Waals surface area contributed by atoms with Gasteiger partial charge < -0.3 is 5.32 Å².